The monoisotopic (exact) mass is 194 g/mol. The van der Waals surface area contributed by atoms with Crippen molar-refractivity contribution in [2.75, 3.05) is 5.32 Å². The highest BCUT2D eigenvalue weighted by atomic mass is 16.2. The van der Waals surface area contributed by atoms with Crippen molar-refractivity contribution in [1.29, 1.82) is 0 Å². The van der Waals surface area contributed by atoms with Gasteiger partial charge < -0.3 is 5.32 Å². The third kappa shape index (κ3) is 2.53. The van der Waals surface area contributed by atoms with Crippen LogP contribution in [-0.2, 0) is 4.79 Å². The van der Waals surface area contributed by atoms with Crippen LogP contribution >= 0.6 is 0 Å². The molecule has 0 bridgehead atoms. The average molecular weight is 194 g/mol. The van der Waals surface area contributed by atoms with Gasteiger partial charge in [-0.2, -0.15) is 0 Å². The molecule has 1 aromatic rings. The van der Waals surface area contributed by atoms with Gasteiger partial charge in [0.2, 0.25) is 5.91 Å². The van der Waals surface area contributed by atoms with E-state index in [2.05, 4.69) is 10.3 Å². The predicted octanol–water partition coefficient (Wildman–Crippen LogP) is -0.357. The van der Waals surface area contributed by atoms with Crippen molar-refractivity contribution in [3.8, 4) is 0 Å². The van der Waals surface area contributed by atoms with E-state index < -0.39 is 5.91 Å². The number of anilines is 1. The smallest absolute Gasteiger partial charge is 0.283 e. The quantitative estimate of drug-likeness (QED) is 0.340. The lowest BCUT2D eigenvalue weighted by Crippen LogP contribution is -2.30. The molecule has 0 spiro atoms. The molecule has 6 nitrogen and oxygen atoms in total. The molecule has 4 N–H and O–H groups in total. The minimum Gasteiger partial charge on any atom is -0.311 e. The lowest BCUT2D eigenvalue weighted by atomic mass is 10.3. The summed E-state index contributed by atoms with van der Waals surface area (Å²) in [7, 11) is 0. The molecular formula is C8H10N4O2. The minimum absolute atomic E-state index is 0.152. The number of aromatic nitrogens is 1. The molecular weight excluding hydrogens is 184 g/mol. The number of nitrogens with zero attached hydrogens (tertiary/aromatic N) is 1. The zero-order valence-corrected chi connectivity index (χ0v) is 7.57. The van der Waals surface area contributed by atoms with E-state index >= 15 is 0 Å². The normalized spacial score (nSPS) is 9.29. The summed E-state index contributed by atoms with van der Waals surface area (Å²) in [6.07, 6.45) is 0. The van der Waals surface area contributed by atoms with E-state index in [1.807, 2.05) is 5.43 Å². The number of hydrogen-bond donors (Lipinski definition) is 3. The number of nitrogens with two attached hydrogens (primary N) is 1. The van der Waals surface area contributed by atoms with Crippen LogP contribution in [0.2, 0.25) is 0 Å². The first-order valence-corrected chi connectivity index (χ1v) is 3.89. The number of hydrazine groups is 1. The van der Waals surface area contributed by atoms with Crippen molar-refractivity contribution in [1.82, 2.24) is 10.4 Å². The van der Waals surface area contributed by atoms with Crippen molar-refractivity contribution in [3.05, 3.63) is 23.9 Å². The standard InChI is InChI=1S/C8H10N4O2/c1-5(13)10-7-4-2-3-6(11-7)8(14)12-9/h2-4H,9H2,1H3,(H,12,14)(H,10,11,13). The molecule has 0 radical (unpaired) electrons. The van der Waals surface area contributed by atoms with Crippen molar-refractivity contribution < 1.29 is 9.59 Å². The number of pyridine rings is 1. The van der Waals surface area contributed by atoms with Gasteiger partial charge in [0, 0.05) is 6.92 Å². The molecule has 0 aromatic carbocycles. The fraction of sp³-hybridized carbons (Fsp3) is 0.125. The van der Waals surface area contributed by atoms with Crippen LogP contribution in [0.1, 0.15) is 17.4 Å². The molecule has 0 unspecified atom stereocenters. The fourth-order valence-electron chi connectivity index (χ4n) is 0.885. The zero-order chi connectivity index (χ0) is 10.6. The summed E-state index contributed by atoms with van der Waals surface area (Å²) < 4.78 is 0. The maximum atomic E-state index is 11.0. The van der Waals surface area contributed by atoms with Gasteiger partial charge in [-0.25, -0.2) is 10.8 Å². The summed E-state index contributed by atoms with van der Waals surface area (Å²) in [4.78, 5) is 25.6. The molecule has 0 atom stereocenters. The second kappa shape index (κ2) is 4.33. The SMILES string of the molecule is CC(=O)Nc1cccc(C(=O)NN)n1. The van der Waals surface area contributed by atoms with Crippen LogP contribution in [0.5, 0.6) is 0 Å². The number of carbonyl (C=O) groups excluding carboxylic acids is 2. The highest BCUT2D eigenvalue weighted by Crippen LogP contribution is 2.04. The van der Waals surface area contributed by atoms with Crippen molar-refractivity contribution in [3.63, 3.8) is 0 Å². The van der Waals surface area contributed by atoms with E-state index in [0.29, 0.717) is 5.82 Å². The molecule has 74 valence electrons. The Bertz CT molecular complexity index is 364. The Kier molecular flexibility index (Phi) is 3.14. The van der Waals surface area contributed by atoms with E-state index in [-0.39, 0.29) is 11.6 Å². The Morgan fingerprint density at radius 1 is 1.43 bits per heavy atom. The molecule has 2 amide bonds. The molecule has 0 saturated carbocycles. The second-order valence-corrected chi connectivity index (χ2v) is 2.56. The second-order valence-electron chi connectivity index (χ2n) is 2.56. The Morgan fingerprint density at radius 3 is 2.71 bits per heavy atom. The summed E-state index contributed by atoms with van der Waals surface area (Å²) in [5, 5.41) is 2.45. The lowest BCUT2D eigenvalue weighted by molar-refractivity contribution is -0.114. The first kappa shape index (κ1) is 10.1. The molecule has 0 aliphatic carbocycles. The number of nitrogens with one attached hydrogen (secondary N) is 2. The van der Waals surface area contributed by atoms with Crippen LogP contribution in [0.3, 0.4) is 0 Å². The molecule has 0 fully saturated rings. The van der Waals surface area contributed by atoms with Gasteiger partial charge in [0.05, 0.1) is 0 Å². The first-order chi connectivity index (χ1) is 6.63. The zero-order valence-electron chi connectivity index (χ0n) is 7.57. The van der Waals surface area contributed by atoms with E-state index in [4.69, 9.17) is 5.84 Å². The van der Waals surface area contributed by atoms with Crippen LogP contribution in [0, 0.1) is 0 Å². The van der Waals surface area contributed by atoms with Crippen molar-refractivity contribution >= 4 is 17.6 Å². The van der Waals surface area contributed by atoms with Gasteiger partial charge in [-0.1, -0.05) is 6.07 Å². The van der Waals surface area contributed by atoms with E-state index in [9.17, 15) is 9.59 Å². The van der Waals surface area contributed by atoms with Gasteiger partial charge in [0.15, 0.2) is 0 Å². The predicted molar refractivity (Wildman–Crippen MR) is 50.2 cm³/mol. The molecule has 1 rings (SSSR count). The summed E-state index contributed by atoms with van der Waals surface area (Å²) >= 11 is 0. The Hall–Kier alpha value is -1.95. The largest absolute Gasteiger partial charge is 0.311 e. The molecule has 1 heterocycles. The summed E-state index contributed by atoms with van der Waals surface area (Å²) in [6.45, 7) is 1.36. The molecule has 1 aromatic heterocycles. The van der Waals surface area contributed by atoms with Crippen molar-refractivity contribution in [2.24, 2.45) is 5.84 Å². The number of carbonyl (C=O) groups is 2. The van der Waals surface area contributed by atoms with Gasteiger partial charge in [-0.15, -0.1) is 0 Å². The lowest BCUT2D eigenvalue weighted by Gasteiger charge is -2.02. The topological polar surface area (TPSA) is 97.1 Å². The van der Waals surface area contributed by atoms with Gasteiger partial charge in [-0.3, -0.25) is 15.0 Å². The Morgan fingerprint density at radius 2 is 2.14 bits per heavy atom. The summed E-state index contributed by atoms with van der Waals surface area (Å²) in [5.74, 6) is 4.50. The molecule has 0 saturated heterocycles. The number of amides is 2. The maximum absolute atomic E-state index is 11.0. The van der Waals surface area contributed by atoms with Crippen molar-refractivity contribution in [2.45, 2.75) is 6.92 Å². The maximum Gasteiger partial charge on any atom is 0.283 e. The molecule has 0 aliphatic heterocycles. The van der Waals surface area contributed by atoms with Gasteiger partial charge in [-0.05, 0) is 12.1 Å². The van der Waals surface area contributed by atoms with Gasteiger partial charge in [0.25, 0.3) is 5.91 Å². The van der Waals surface area contributed by atoms with E-state index in [1.54, 1.807) is 12.1 Å². The van der Waals surface area contributed by atoms with Gasteiger partial charge >= 0.3 is 0 Å². The van der Waals surface area contributed by atoms with Gasteiger partial charge in [0.1, 0.15) is 11.5 Å². The molecule has 14 heavy (non-hydrogen) atoms. The number of nitrogen functional groups attached to an aromatic ring is 1. The van der Waals surface area contributed by atoms with E-state index in [0.717, 1.165) is 0 Å². The highest BCUT2D eigenvalue weighted by Gasteiger charge is 2.05. The van der Waals surface area contributed by atoms with Crippen LogP contribution in [0.25, 0.3) is 0 Å². The number of hydrogen-bond acceptors (Lipinski definition) is 4. The molecule has 6 heteroatoms. The fourth-order valence-corrected chi connectivity index (χ4v) is 0.885. The Balaban J connectivity index is 2.89. The van der Waals surface area contributed by atoms with Crippen LogP contribution in [0.15, 0.2) is 18.2 Å². The van der Waals surface area contributed by atoms with Crippen LogP contribution < -0.4 is 16.6 Å². The summed E-state index contributed by atoms with van der Waals surface area (Å²) in [6, 6.07) is 4.67. The van der Waals surface area contributed by atoms with E-state index in [1.165, 1.54) is 13.0 Å². The third-order valence-corrected chi connectivity index (χ3v) is 1.42. The molecule has 0 aliphatic rings. The highest BCUT2D eigenvalue weighted by molar-refractivity contribution is 5.93. The van der Waals surface area contributed by atoms with Crippen LogP contribution in [-0.4, -0.2) is 16.8 Å². The number of rotatable bonds is 2. The average Bonchev–Trinajstić information content (AvgIpc) is 2.16. The first-order valence-electron chi connectivity index (χ1n) is 3.89. The third-order valence-electron chi connectivity index (χ3n) is 1.42. The summed E-state index contributed by atoms with van der Waals surface area (Å²) in [5.41, 5.74) is 2.10. The minimum atomic E-state index is -0.503. The Labute approximate surface area is 80.5 Å². The van der Waals surface area contributed by atoms with Crippen LogP contribution in [0.4, 0.5) is 5.82 Å².